The fourth-order valence-corrected chi connectivity index (χ4v) is 11.2. The maximum absolute atomic E-state index is 15.4. The molecule has 12 nitrogen and oxygen atoms in total. The van der Waals surface area contributed by atoms with E-state index in [4.69, 9.17) is 35.5 Å². The number of fused-ring (bicyclic) bond motifs is 1. The number of benzene rings is 6. The Balaban J connectivity index is 1.02. The predicted molar refractivity (Wildman–Crippen MR) is 275 cm³/mol. The maximum Gasteiger partial charge on any atom is 0.355 e. The first kappa shape index (κ1) is 49.7. The van der Waals surface area contributed by atoms with Gasteiger partial charge in [-0.05, 0) is 51.1 Å². The molecule has 1 aromatic heterocycles. The van der Waals surface area contributed by atoms with Crippen molar-refractivity contribution in [2.75, 3.05) is 30.7 Å². The van der Waals surface area contributed by atoms with Gasteiger partial charge >= 0.3 is 11.9 Å². The number of methoxy groups -OCH3 is 1. The number of nitrogens with zero attached hydrogens (tertiary/aromatic N) is 2. The van der Waals surface area contributed by atoms with Crippen LogP contribution in [0.4, 0.5) is 9.52 Å². The maximum atomic E-state index is 15.4. The number of nitrogens with one attached hydrogen (secondary N) is 2. The zero-order valence-corrected chi connectivity index (χ0v) is 41.2. The first-order valence-corrected chi connectivity index (χ1v) is 25.4. The molecule has 0 spiro atoms. The lowest BCUT2D eigenvalue weighted by Crippen LogP contribution is -2.71. The SMILES string of the molecule is COc1ccc(COC(=O)C2=C(CCl)CS[C@@H]3C(NC(=O)C(OC(CF)C(=O)OC(c4ccccc4)c4ccccc4)c4csc(NC(c5ccccc5)(c5ccccc5)c5ccccc5)n4)C(=O)N23)cc1. The van der Waals surface area contributed by atoms with Crippen LogP contribution in [0.15, 0.2) is 193 Å². The van der Waals surface area contributed by atoms with E-state index < -0.39 is 65.7 Å². The van der Waals surface area contributed by atoms with E-state index in [2.05, 4.69) is 10.6 Å². The van der Waals surface area contributed by atoms with Crippen molar-refractivity contribution in [2.45, 2.75) is 41.9 Å². The molecule has 2 N–H and O–H groups in total. The lowest BCUT2D eigenvalue weighted by Gasteiger charge is -2.49. The molecule has 1 saturated heterocycles. The fraction of sp³-hybridized carbons (Fsp3) is 0.196. The second-order valence-corrected chi connectivity index (χ2v) is 19.0. The average molecular weight is 1020 g/mol. The largest absolute Gasteiger partial charge is 0.497 e. The Bertz CT molecular complexity index is 2870. The van der Waals surface area contributed by atoms with Crippen LogP contribution in [0.2, 0.25) is 0 Å². The molecule has 1 fully saturated rings. The molecule has 4 atom stereocenters. The van der Waals surface area contributed by atoms with Gasteiger partial charge in [0, 0.05) is 17.0 Å². The Kier molecular flexibility index (Phi) is 15.8. The lowest BCUT2D eigenvalue weighted by atomic mass is 9.77. The molecule has 0 radical (unpaired) electrons. The van der Waals surface area contributed by atoms with Crippen molar-refractivity contribution in [1.29, 1.82) is 0 Å². The monoisotopic (exact) mass is 1020 g/mol. The minimum Gasteiger partial charge on any atom is -0.497 e. The van der Waals surface area contributed by atoms with Gasteiger partial charge in [-0.3, -0.25) is 14.5 Å². The number of thioether (sulfide) groups is 1. The number of aromatic nitrogens is 1. The van der Waals surface area contributed by atoms with Gasteiger partial charge in [-0.2, -0.15) is 0 Å². The summed E-state index contributed by atoms with van der Waals surface area (Å²) < 4.78 is 38.5. The molecule has 2 amide bonds. The average Bonchev–Trinajstić information content (AvgIpc) is 3.91. The van der Waals surface area contributed by atoms with Crippen LogP contribution in [0.5, 0.6) is 5.75 Å². The number of carbonyl (C=O) groups excluding carboxylic acids is 4. The molecule has 6 aromatic carbocycles. The van der Waals surface area contributed by atoms with Gasteiger partial charge in [-0.1, -0.05) is 164 Å². The molecule has 16 heteroatoms. The van der Waals surface area contributed by atoms with Crippen LogP contribution in [0.3, 0.4) is 0 Å². The lowest BCUT2D eigenvalue weighted by molar-refractivity contribution is -0.170. The van der Waals surface area contributed by atoms with Crippen LogP contribution in [0, 0.1) is 0 Å². The second kappa shape index (κ2) is 22.8. The number of halogens is 2. The summed E-state index contributed by atoms with van der Waals surface area (Å²) in [4.78, 5) is 63.0. The summed E-state index contributed by atoms with van der Waals surface area (Å²) in [6, 6.07) is 53.4. The standard InChI is InChI=1S/C56H48ClFN4O8S2/c1-67-43-29-27-36(28-30-43)33-68-54(66)47-39(31-57)34-71-52-46(51(64)62(47)52)60-50(63)49(69-45(32-58)53(65)70-48(37-17-7-2-8-18-37)38-19-9-3-10-20-38)44-35-72-55(59-44)61-56(40-21-11-4-12-22-40,41-23-13-5-14-24-41)42-25-15-6-16-26-42/h2-30,35,45-46,48-49,52H,31-34H2,1H3,(H,59,61)(H,60,63)/t45?,46?,49?,52-/m1/s1. The van der Waals surface area contributed by atoms with E-state index in [1.807, 2.05) is 103 Å². The molecular weight excluding hydrogens is 975 g/mol. The number of β-lactam (4-membered cyclic amide) rings is 1. The Morgan fingerprint density at radius 1 is 0.792 bits per heavy atom. The second-order valence-electron chi connectivity index (χ2n) is 16.8. The first-order valence-electron chi connectivity index (χ1n) is 23.0. The van der Waals surface area contributed by atoms with E-state index >= 15 is 4.39 Å². The summed E-state index contributed by atoms with van der Waals surface area (Å²) >= 11 is 8.80. The highest BCUT2D eigenvalue weighted by molar-refractivity contribution is 8.00. The quantitative estimate of drug-likeness (QED) is 0.0326. The number of amides is 2. The fourth-order valence-electron chi connectivity index (χ4n) is 8.71. The predicted octanol–water partition coefficient (Wildman–Crippen LogP) is 9.92. The van der Waals surface area contributed by atoms with Crippen molar-refractivity contribution in [2.24, 2.45) is 0 Å². The van der Waals surface area contributed by atoms with Crippen molar-refractivity contribution >= 4 is 63.6 Å². The van der Waals surface area contributed by atoms with Crippen LogP contribution in [0.25, 0.3) is 0 Å². The number of alkyl halides is 2. The van der Waals surface area contributed by atoms with E-state index in [1.54, 1.807) is 85.3 Å². The molecule has 2 aliphatic rings. The van der Waals surface area contributed by atoms with Gasteiger partial charge in [0.15, 0.2) is 23.4 Å². The number of anilines is 1. The zero-order chi connectivity index (χ0) is 50.0. The van der Waals surface area contributed by atoms with Crippen molar-refractivity contribution < 1.29 is 42.5 Å². The zero-order valence-electron chi connectivity index (χ0n) is 38.8. The van der Waals surface area contributed by atoms with Crippen molar-refractivity contribution in [3.8, 4) is 5.75 Å². The molecule has 0 aliphatic carbocycles. The number of ether oxygens (including phenoxy) is 4. The molecule has 366 valence electrons. The van der Waals surface area contributed by atoms with Gasteiger partial charge in [0.2, 0.25) is 0 Å². The van der Waals surface area contributed by atoms with E-state index in [-0.39, 0.29) is 29.6 Å². The Morgan fingerprint density at radius 2 is 1.33 bits per heavy atom. The first-order chi connectivity index (χ1) is 35.2. The van der Waals surface area contributed by atoms with Gasteiger partial charge in [0.05, 0.1) is 12.8 Å². The number of hydrogen-bond acceptors (Lipinski definition) is 12. The number of rotatable bonds is 20. The Labute approximate surface area is 429 Å². The van der Waals surface area contributed by atoms with Crippen molar-refractivity contribution in [3.05, 3.63) is 232 Å². The third-order valence-electron chi connectivity index (χ3n) is 12.3. The molecular formula is C56H48ClFN4O8S2. The smallest absolute Gasteiger partial charge is 0.355 e. The number of hydrogen-bond donors (Lipinski definition) is 2. The molecule has 72 heavy (non-hydrogen) atoms. The summed E-state index contributed by atoms with van der Waals surface area (Å²) in [7, 11) is 1.55. The summed E-state index contributed by atoms with van der Waals surface area (Å²) in [6.45, 7) is -1.44. The van der Waals surface area contributed by atoms with Gasteiger partial charge < -0.3 is 29.6 Å². The molecule has 0 saturated carbocycles. The van der Waals surface area contributed by atoms with Gasteiger partial charge in [0.25, 0.3) is 11.8 Å². The van der Waals surface area contributed by atoms with Crippen molar-refractivity contribution in [1.82, 2.24) is 15.2 Å². The summed E-state index contributed by atoms with van der Waals surface area (Å²) in [5.41, 5.74) is 4.16. The van der Waals surface area contributed by atoms with E-state index in [1.165, 1.54) is 28.0 Å². The van der Waals surface area contributed by atoms with E-state index in [9.17, 15) is 19.2 Å². The molecule has 3 unspecified atom stereocenters. The highest BCUT2D eigenvalue weighted by Crippen LogP contribution is 2.43. The van der Waals surface area contributed by atoms with Crippen LogP contribution in [-0.4, -0.2) is 76.6 Å². The highest BCUT2D eigenvalue weighted by Gasteiger charge is 2.55. The minimum atomic E-state index is -1.91. The normalized spacial score (nSPS) is 16.2. The molecule has 2 aliphatic heterocycles. The summed E-state index contributed by atoms with van der Waals surface area (Å²) in [5.74, 6) is -2.44. The van der Waals surface area contributed by atoms with Crippen LogP contribution in [0.1, 0.15) is 51.3 Å². The van der Waals surface area contributed by atoms with E-state index in [0.717, 1.165) is 16.7 Å². The number of carbonyl (C=O) groups is 4. The van der Waals surface area contributed by atoms with Gasteiger partial charge in [0.1, 0.15) is 41.7 Å². The van der Waals surface area contributed by atoms with Crippen LogP contribution in [-0.2, 0) is 45.5 Å². The molecule has 7 aromatic rings. The molecule has 9 rings (SSSR count). The molecule has 0 bridgehead atoms. The molecule has 3 heterocycles. The van der Waals surface area contributed by atoms with E-state index in [0.29, 0.717) is 33.1 Å². The van der Waals surface area contributed by atoms with Gasteiger partial charge in [-0.15, -0.1) is 34.7 Å². The third-order valence-corrected chi connectivity index (χ3v) is 14.8. The van der Waals surface area contributed by atoms with Crippen LogP contribution >= 0.6 is 34.7 Å². The topological polar surface area (TPSA) is 145 Å². The number of thiazole rings is 1. The van der Waals surface area contributed by atoms with Crippen molar-refractivity contribution in [3.63, 3.8) is 0 Å². The van der Waals surface area contributed by atoms with Crippen LogP contribution < -0.4 is 15.4 Å². The minimum absolute atomic E-state index is 0.00568. The Hall–Kier alpha value is -7.30. The number of esters is 2. The summed E-state index contributed by atoms with van der Waals surface area (Å²) in [5, 5.41) is 7.70. The van der Waals surface area contributed by atoms with Gasteiger partial charge in [-0.25, -0.2) is 19.0 Å². The third kappa shape index (κ3) is 10.5. The Morgan fingerprint density at radius 3 is 1.85 bits per heavy atom. The highest BCUT2D eigenvalue weighted by atomic mass is 35.5. The summed E-state index contributed by atoms with van der Waals surface area (Å²) in [6.07, 6.45) is -4.59.